The Labute approximate surface area is 169 Å². The molecule has 4 rings (SSSR count). The molecule has 8 heteroatoms. The summed E-state index contributed by atoms with van der Waals surface area (Å²) in [5, 5.41) is 29.6. The number of allylic oxidation sites excluding steroid dienone is 1. The number of rotatable bonds is 4. The van der Waals surface area contributed by atoms with Crippen LogP contribution in [0.2, 0.25) is 0 Å². The van der Waals surface area contributed by atoms with Crippen LogP contribution < -0.4 is 4.80 Å². The quantitative estimate of drug-likeness (QED) is 0.603. The predicted octanol–water partition coefficient (Wildman–Crippen LogP) is 4.17. The number of aliphatic imine (C=N–C) groups is 1. The average molecular weight is 407 g/mol. The van der Waals surface area contributed by atoms with E-state index in [1.807, 2.05) is 37.3 Å². The topological polar surface area (TPSA) is 107 Å². The van der Waals surface area contributed by atoms with Crippen molar-refractivity contribution >= 4 is 46.5 Å². The molecule has 1 aliphatic heterocycles. The number of aromatic hydroxyl groups is 2. The lowest BCUT2D eigenvalue weighted by Gasteiger charge is -2.03. The van der Waals surface area contributed by atoms with E-state index in [0.717, 1.165) is 22.9 Å². The molecule has 2 aromatic carbocycles. The molecule has 0 aliphatic carbocycles. The number of phenols is 1. The molecule has 3 N–H and O–H groups in total. The third-order valence-electron chi connectivity index (χ3n) is 4.50. The first-order chi connectivity index (χ1) is 14.0. The van der Waals surface area contributed by atoms with E-state index in [-0.39, 0.29) is 22.9 Å². The van der Waals surface area contributed by atoms with Crippen molar-refractivity contribution in [3.63, 3.8) is 0 Å². The molecule has 2 heterocycles. The Kier molecular flexibility index (Phi) is 4.77. The van der Waals surface area contributed by atoms with Crippen LogP contribution in [0.25, 0.3) is 11.6 Å². The molecule has 29 heavy (non-hydrogen) atoms. The van der Waals surface area contributed by atoms with Gasteiger partial charge in [0.1, 0.15) is 5.75 Å². The molecule has 0 radical (unpaired) electrons. The summed E-state index contributed by atoms with van der Waals surface area (Å²) in [6.07, 6.45) is 3.59. The lowest BCUT2D eigenvalue weighted by molar-refractivity contribution is 0.0697. The molecular weight excluding hydrogens is 390 g/mol. The second-order valence-electron chi connectivity index (χ2n) is 6.31. The van der Waals surface area contributed by atoms with Crippen LogP contribution in [0.4, 0.5) is 11.4 Å². The normalized spacial score (nSPS) is 14.5. The van der Waals surface area contributed by atoms with Gasteiger partial charge in [0.05, 0.1) is 21.8 Å². The highest BCUT2D eigenvalue weighted by molar-refractivity contribution is 7.10. The molecule has 3 aromatic rings. The Morgan fingerprint density at radius 2 is 2.03 bits per heavy atom. The van der Waals surface area contributed by atoms with E-state index >= 15 is 0 Å². The lowest BCUT2D eigenvalue weighted by Crippen LogP contribution is -2.12. The molecule has 146 valence electrons. The molecule has 0 unspecified atom stereocenters. The molecule has 0 saturated carbocycles. The Hall–Kier alpha value is -3.65. The van der Waals surface area contributed by atoms with Crippen molar-refractivity contribution in [3.05, 3.63) is 63.3 Å². The SMILES string of the molecule is CCn1c(O)c(/C=C2\C=Nc3ccccc32)sc1=Nc1ccc(O)cc1C(=O)O. The van der Waals surface area contributed by atoms with E-state index in [1.165, 1.54) is 23.5 Å². The second kappa shape index (κ2) is 7.40. The van der Waals surface area contributed by atoms with Gasteiger partial charge in [-0.1, -0.05) is 29.5 Å². The minimum atomic E-state index is -1.19. The van der Waals surface area contributed by atoms with Crippen molar-refractivity contribution in [2.75, 3.05) is 0 Å². The summed E-state index contributed by atoms with van der Waals surface area (Å²) in [6.45, 7) is 2.32. The van der Waals surface area contributed by atoms with Gasteiger partial charge in [-0.25, -0.2) is 9.79 Å². The van der Waals surface area contributed by atoms with Gasteiger partial charge in [0.15, 0.2) is 4.80 Å². The second-order valence-corrected chi connectivity index (χ2v) is 7.32. The zero-order valence-corrected chi connectivity index (χ0v) is 16.2. The highest BCUT2D eigenvalue weighted by Crippen LogP contribution is 2.34. The lowest BCUT2D eigenvalue weighted by atomic mass is 10.1. The number of para-hydroxylation sites is 1. The molecule has 0 fully saturated rings. The minimum absolute atomic E-state index is 0.0529. The molecule has 0 atom stereocenters. The van der Waals surface area contributed by atoms with E-state index in [4.69, 9.17) is 0 Å². The number of aromatic carboxylic acids is 1. The number of hydrogen-bond acceptors (Lipinski definition) is 6. The minimum Gasteiger partial charge on any atom is -0.508 e. The first kappa shape index (κ1) is 18.7. The van der Waals surface area contributed by atoms with E-state index in [9.17, 15) is 20.1 Å². The van der Waals surface area contributed by atoms with E-state index in [1.54, 1.807) is 10.8 Å². The first-order valence-corrected chi connectivity index (χ1v) is 9.68. The van der Waals surface area contributed by atoms with Crippen LogP contribution in [0.15, 0.2) is 52.4 Å². The summed E-state index contributed by atoms with van der Waals surface area (Å²) in [5.41, 5.74) is 2.82. The maximum atomic E-state index is 11.5. The summed E-state index contributed by atoms with van der Waals surface area (Å²) in [7, 11) is 0. The fourth-order valence-corrected chi connectivity index (χ4v) is 4.13. The Morgan fingerprint density at radius 3 is 2.79 bits per heavy atom. The fourth-order valence-electron chi connectivity index (χ4n) is 3.08. The van der Waals surface area contributed by atoms with Crippen LogP contribution in [0.5, 0.6) is 11.6 Å². The highest BCUT2D eigenvalue weighted by atomic mass is 32.1. The number of carboxylic acids is 1. The predicted molar refractivity (Wildman–Crippen MR) is 112 cm³/mol. The van der Waals surface area contributed by atoms with Gasteiger partial charge >= 0.3 is 5.97 Å². The van der Waals surface area contributed by atoms with Crippen LogP contribution in [-0.4, -0.2) is 32.1 Å². The monoisotopic (exact) mass is 407 g/mol. The molecule has 7 nitrogen and oxygen atoms in total. The van der Waals surface area contributed by atoms with Gasteiger partial charge < -0.3 is 15.3 Å². The summed E-state index contributed by atoms with van der Waals surface area (Å²) < 4.78 is 1.60. The van der Waals surface area contributed by atoms with Crippen molar-refractivity contribution < 1.29 is 20.1 Å². The van der Waals surface area contributed by atoms with Crippen molar-refractivity contribution in [2.45, 2.75) is 13.5 Å². The van der Waals surface area contributed by atoms with Crippen molar-refractivity contribution in [2.24, 2.45) is 9.98 Å². The van der Waals surface area contributed by atoms with Crippen molar-refractivity contribution in [1.82, 2.24) is 4.57 Å². The van der Waals surface area contributed by atoms with Gasteiger partial charge in [0, 0.05) is 23.9 Å². The maximum absolute atomic E-state index is 11.5. The van der Waals surface area contributed by atoms with E-state index in [2.05, 4.69) is 9.98 Å². The van der Waals surface area contributed by atoms with Crippen LogP contribution in [0.3, 0.4) is 0 Å². The average Bonchev–Trinajstić information content (AvgIpc) is 3.24. The Balaban J connectivity index is 1.85. The standard InChI is InChI=1S/C21H17N3O4S/c1-2-24-19(26)18(9-12-11-22-16-6-4-3-5-14(12)16)29-21(24)23-17-8-7-13(25)10-15(17)20(27)28/h3-11,25-26H,2H2,1H3,(H,27,28)/b12-9+,23-21?. The number of nitrogens with zero attached hydrogens (tertiary/aromatic N) is 3. The van der Waals surface area contributed by atoms with E-state index < -0.39 is 5.97 Å². The van der Waals surface area contributed by atoms with Gasteiger partial charge in [-0.3, -0.25) is 9.56 Å². The van der Waals surface area contributed by atoms with Gasteiger partial charge in [-0.2, -0.15) is 0 Å². The van der Waals surface area contributed by atoms with Crippen LogP contribution in [0, 0.1) is 0 Å². The molecule has 0 amide bonds. The molecule has 0 bridgehead atoms. The zero-order valence-electron chi connectivity index (χ0n) is 15.4. The van der Waals surface area contributed by atoms with Gasteiger partial charge in [-0.05, 0) is 37.3 Å². The molecule has 1 aliphatic rings. The summed E-state index contributed by atoms with van der Waals surface area (Å²) >= 11 is 1.24. The van der Waals surface area contributed by atoms with Crippen molar-refractivity contribution in [3.8, 4) is 11.6 Å². The van der Waals surface area contributed by atoms with Crippen LogP contribution in [0.1, 0.15) is 27.7 Å². The Morgan fingerprint density at radius 1 is 1.24 bits per heavy atom. The first-order valence-electron chi connectivity index (χ1n) is 8.86. The van der Waals surface area contributed by atoms with Gasteiger partial charge in [0.2, 0.25) is 5.88 Å². The van der Waals surface area contributed by atoms with E-state index in [0.29, 0.717) is 16.2 Å². The molecule has 0 spiro atoms. The van der Waals surface area contributed by atoms with Crippen molar-refractivity contribution in [1.29, 1.82) is 0 Å². The number of aromatic nitrogens is 1. The molecule has 1 aromatic heterocycles. The molecular formula is C21H17N3O4S. The Bertz CT molecular complexity index is 1250. The fraction of sp³-hybridized carbons (Fsp3) is 0.0952. The number of thiazole rings is 1. The highest BCUT2D eigenvalue weighted by Gasteiger charge is 2.16. The maximum Gasteiger partial charge on any atom is 0.338 e. The number of carboxylic acid groups (broad SMARTS) is 1. The van der Waals surface area contributed by atoms with Crippen LogP contribution in [-0.2, 0) is 6.54 Å². The number of fused-ring (bicyclic) bond motifs is 1. The number of benzene rings is 2. The molecule has 0 saturated heterocycles. The number of carbonyl (C=O) groups is 1. The summed E-state index contributed by atoms with van der Waals surface area (Å²) in [5.74, 6) is -1.29. The number of hydrogen-bond donors (Lipinski definition) is 3. The van der Waals surface area contributed by atoms with Crippen LogP contribution >= 0.6 is 11.3 Å². The van der Waals surface area contributed by atoms with Gasteiger partial charge in [-0.15, -0.1) is 0 Å². The van der Waals surface area contributed by atoms with Gasteiger partial charge in [0.25, 0.3) is 0 Å². The largest absolute Gasteiger partial charge is 0.508 e. The zero-order chi connectivity index (χ0) is 20.5. The third-order valence-corrected chi connectivity index (χ3v) is 5.51. The number of phenolic OH excluding ortho intramolecular Hbond substituents is 1. The third kappa shape index (κ3) is 3.45. The summed E-state index contributed by atoms with van der Waals surface area (Å²) in [6, 6.07) is 11.7. The smallest absolute Gasteiger partial charge is 0.338 e. The summed E-state index contributed by atoms with van der Waals surface area (Å²) in [4.78, 5) is 21.4.